The second-order valence-corrected chi connectivity index (χ2v) is 7.74. The number of benzene rings is 2. The maximum atomic E-state index is 12.8. The predicted molar refractivity (Wildman–Crippen MR) is 135 cm³/mol. The lowest BCUT2D eigenvalue weighted by Gasteiger charge is -2.13. The number of amides is 2. The molecule has 0 unspecified atom stereocenters. The Morgan fingerprint density at radius 1 is 1.15 bits per heavy atom. The molecule has 3 aromatic rings. The molecular weight excluding hydrogens is 452 g/mol. The molecule has 0 saturated heterocycles. The van der Waals surface area contributed by atoms with E-state index in [-0.39, 0.29) is 11.8 Å². The first-order valence-corrected chi connectivity index (χ1v) is 10.9. The Morgan fingerprint density at radius 3 is 2.68 bits per heavy atom. The Bertz CT molecular complexity index is 1250. The summed E-state index contributed by atoms with van der Waals surface area (Å²) in [6.07, 6.45) is 4.67. The van der Waals surface area contributed by atoms with Crippen LogP contribution in [0.3, 0.4) is 0 Å². The van der Waals surface area contributed by atoms with Crippen molar-refractivity contribution in [2.75, 3.05) is 12.4 Å². The molecule has 0 bridgehead atoms. The largest absolute Gasteiger partial charge is 0.457 e. The van der Waals surface area contributed by atoms with Gasteiger partial charge in [-0.3, -0.25) is 14.6 Å². The molecule has 1 heterocycles. The van der Waals surface area contributed by atoms with Crippen molar-refractivity contribution in [3.63, 3.8) is 0 Å². The lowest BCUT2D eigenvalue weighted by atomic mass is 10.1. The van der Waals surface area contributed by atoms with Crippen molar-refractivity contribution in [2.45, 2.75) is 20.4 Å². The molecule has 1 aromatic heterocycles. The van der Waals surface area contributed by atoms with Gasteiger partial charge in [-0.1, -0.05) is 35.9 Å². The molecule has 0 radical (unpaired) electrons. The van der Waals surface area contributed by atoms with E-state index >= 15 is 0 Å². The number of ether oxygens (including phenoxy) is 1. The summed E-state index contributed by atoms with van der Waals surface area (Å²) in [5.41, 5.74) is 2.51. The fourth-order valence-electron chi connectivity index (χ4n) is 3.16. The number of carbonyl (C=O) groups is 2. The zero-order valence-corrected chi connectivity index (χ0v) is 19.9. The van der Waals surface area contributed by atoms with E-state index in [1.165, 1.54) is 12.4 Å². The van der Waals surface area contributed by atoms with E-state index in [0.29, 0.717) is 45.6 Å². The molecule has 2 N–H and O–H groups in total. The molecule has 0 fully saturated rings. The first-order chi connectivity index (χ1) is 16.4. The Kier molecular flexibility index (Phi) is 8.54. The van der Waals surface area contributed by atoms with Crippen LogP contribution in [0.2, 0.25) is 5.02 Å². The van der Waals surface area contributed by atoms with Gasteiger partial charge in [0.15, 0.2) is 0 Å². The fourth-order valence-corrected chi connectivity index (χ4v) is 3.37. The number of hydrogen-bond donors (Lipinski definition) is 2. The third-order valence-electron chi connectivity index (χ3n) is 4.91. The number of rotatable bonds is 8. The molecule has 34 heavy (non-hydrogen) atoms. The van der Waals surface area contributed by atoms with Crippen LogP contribution in [-0.4, -0.2) is 30.1 Å². The first kappa shape index (κ1) is 24.7. The molecule has 0 spiro atoms. The van der Waals surface area contributed by atoms with Gasteiger partial charge in [0.25, 0.3) is 11.8 Å². The Hall–Kier alpha value is -3.97. The SMILES string of the molecule is C/C=C(\C=NC)C(=O)Nc1cc(Oc2cccc(C(=O)NCc3cccc(Cl)c3)c2C)ccn1. The highest BCUT2D eigenvalue weighted by Gasteiger charge is 2.14. The standard InChI is InChI=1S/C26H25ClN4O3/c1-4-19(16-28-3)25(32)31-24-14-21(11-12-29-24)34-23-10-6-9-22(17(23)2)26(33)30-15-18-7-5-8-20(27)13-18/h4-14,16H,15H2,1-3H3,(H,30,33)(H,29,31,32)/b19-4+,28-16?. The van der Waals surface area contributed by atoms with Crippen LogP contribution in [0.15, 0.2) is 77.4 Å². The number of halogens is 1. The molecule has 2 amide bonds. The first-order valence-electron chi connectivity index (χ1n) is 10.6. The van der Waals surface area contributed by atoms with E-state index in [2.05, 4.69) is 20.6 Å². The Balaban J connectivity index is 1.72. The van der Waals surface area contributed by atoms with Gasteiger partial charge in [-0.25, -0.2) is 4.98 Å². The monoisotopic (exact) mass is 476 g/mol. The van der Waals surface area contributed by atoms with Gasteiger partial charge in [-0.15, -0.1) is 0 Å². The molecule has 0 aliphatic carbocycles. The van der Waals surface area contributed by atoms with E-state index in [9.17, 15) is 9.59 Å². The lowest BCUT2D eigenvalue weighted by Crippen LogP contribution is -2.23. The zero-order valence-electron chi connectivity index (χ0n) is 19.1. The van der Waals surface area contributed by atoms with Crippen molar-refractivity contribution < 1.29 is 14.3 Å². The van der Waals surface area contributed by atoms with Crippen molar-refractivity contribution in [1.82, 2.24) is 10.3 Å². The molecular formula is C26H25ClN4O3. The molecule has 8 heteroatoms. The Morgan fingerprint density at radius 2 is 1.94 bits per heavy atom. The number of nitrogens with one attached hydrogen (secondary N) is 2. The second kappa shape index (κ2) is 11.8. The maximum absolute atomic E-state index is 12.8. The molecule has 174 valence electrons. The van der Waals surface area contributed by atoms with Gasteiger partial charge in [-0.2, -0.15) is 0 Å². The van der Waals surface area contributed by atoms with Gasteiger partial charge in [0, 0.05) is 48.2 Å². The molecule has 3 rings (SSSR count). The van der Waals surface area contributed by atoms with Gasteiger partial charge in [0.05, 0.1) is 5.57 Å². The minimum atomic E-state index is -0.327. The van der Waals surface area contributed by atoms with Gasteiger partial charge in [0.1, 0.15) is 17.3 Å². The van der Waals surface area contributed by atoms with Gasteiger partial charge in [0.2, 0.25) is 0 Å². The van der Waals surface area contributed by atoms with E-state index < -0.39 is 0 Å². The molecule has 7 nitrogen and oxygen atoms in total. The van der Waals surface area contributed by atoms with E-state index in [1.54, 1.807) is 56.4 Å². The number of pyridine rings is 1. The minimum Gasteiger partial charge on any atom is -0.457 e. The fraction of sp³-hybridized carbons (Fsp3) is 0.154. The minimum absolute atomic E-state index is 0.220. The van der Waals surface area contributed by atoms with E-state index in [4.69, 9.17) is 16.3 Å². The Labute approximate surface area is 203 Å². The normalized spacial score (nSPS) is 11.4. The number of aromatic nitrogens is 1. The van der Waals surface area contributed by atoms with Crippen molar-refractivity contribution in [2.24, 2.45) is 4.99 Å². The summed E-state index contributed by atoms with van der Waals surface area (Å²) in [6, 6.07) is 15.9. The third kappa shape index (κ3) is 6.52. The summed E-state index contributed by atoms with van der Waals surface area (Å²) in [5.74, 6) is 0.774. The van der Waals surface area contributed by atoms with Crippen LogP contribution in [0.5, 0.6) is 11.5 Å². The molecule has 0 aliphatic heterocycles. The molecule has 0 aliphatic rings. The topological polar surface area (TPSA) is 92.7 Å². The molecule has 0 saturated carbocycles. The van der Waals surface area contributed by atoms with Crippen LogP contribution in [0.4, 0.5) is 5.82 Å². The van der Waals surface area contributed by atoms with Crippen molar-refractivity contribution in [1.29, 1.82) is 0 Å². The highest BCUT2D eigenvalue weighted by Crippen LogP contribution is 2.28. The third-order valence-corrected chi connectivity index (χ3v) is 5.15. The number of hydrogen-bond acceptors (Lipinski definition) is 5. The van der Waals surface area contributed by atoms with Crippen LogP contribution in [0, 0.1) is 6.92 Å². The predicted octanol–water partition coefficient (Wildman–Crippen LogP) is 5.35. The maximum Gasteiger partial charge on any atom is 0.258 e. The summed E-state index contributed by atoms with van der Waals surface area (Å²) in [7, 11) is 1.59. The van der Waals surface area contributed by atoms with Gasteiger partial charge < -0.3 is 15.4 Å². The number of nitrogens with zero attached hydrogens (tertiary/aromatic N) is 2. The summed E-state index contributed by atoms with van der Waals surface area (Å²) in [6.45, 7) is 3.93. The number of allylic oxidation sites excluding steroid dienone is 1. The number of carbonyl (C=O) groups excluding carboxylic acids is 2. The molecule has 2 aromatic carbocycles. The van der Waals surface area contributed by atoms with Gasteiger partial charge >= 0.3 is 0 Å². The van der Waals surface area contributed by atoms with Crippen LogP contribution in [-0.2, 0) is 11.3 Å². The van der Waals surface area contributed by atoms with Gasteiger partial charge in [-0.05, 0) is 49.7 Å². The van der Waals surface area contributed by atoms with Crippen LogP contribution in [0.25, 0.3) is 0 Å². The van der Waals surface area contributed by atoms with Crippen molar-refractivity contribution in [3.8, 4) is 11.5 Å². The summed E-state index contributed by atoms with van der Waals surface area (Å²) >= 11 is 6.01. The summed E-state index contributed by atoms with van der Waals surface area (Å²) in [4.78, 5) is 33.2. The second-order valence-electron chi connectivity index (χ2n) is 7.31. The van der Waals surface area contributed by atoms with E-state index in [1.807, 2.05) is 25.1 Å². The lowest BCUT2D eigenvalue weighted by molar-refractivity contribution is -0.112. The van der Waals surface area contributed by atoms with Crippen LogP contribution in [0.1, 0.15) is 28.4 Å². The highest BCUT2D eigenvalue weighted by atomic mass is 35.5. The quantitative estimate of drug-likeness (QED) is 0.338. The zero-order chi connectivity index (χ0) is 24.5. The smallest absolute Gasteiger partial charge is 0.258 e. The summed E-state index contributed by atoms with van der Waals surface area (Å²) < 4.78 is 6.01. The number of anilines is 1. The van der Waals surface area contributed by atoms with Crippen LogP contribution >= 0.6 is 11.6 Å². The van der Waals surface area contributed by atoms with Crippen molar-refractivity contribution >= 4 is 35.4 Å². The van der Waals surface area contributed by atoms with Crippen LogP contribution < -0.4 is 15.4 Å². The highest BCUT2D eigenvalue weighted by molar-refractivity contribution is 6.30. The number of aliphatic imine (C=N–C) groups is 1. The van der Waals surface area contributed by atoms with Crippen molar-refractivity contribution in [3.05, 3.63) is 94.2 Å². The van der Waals surface area contributed by atoms with E-state index in [0.717, 1.165) is 5.56 Å². The average Bonchev–Trinajstić information content (AvgIpc) is 2.82. The average molecular weight is 477 g/mol. The summed E-state index contributed by atoms with van der Waals surface area (Å²) in [5, 5.41) is 6.24. The molecule has 0 atom stereocenters.